The molecule has 5 aromatic rings. The van der Waals surface area contributed by atoms with E-state index >= 15 is 0 Å². The summed E-state index contributed by atoms with van der Waals surface area (Å²) in [6.45, 7) is 2.36. The van der Waals surface area contributed by atoms with Gasteiger partial charge in [-0.15, -0.1) is 0 Å². The summed E-state index contributed by atoms with van der Waals surface area (Å²) in [6, 6.07) is 34.4. The summed E-state index contributed by atoms with van der Waals surface area (Å²) < 4.78 is 12.0. The number of Topliss-reactive ketones (excluding diaryl/α,β-unsaturated/α-hetero) is 1. The zero-order valence-electron chi connectivity index (χ0n) is 24.1. The summed E-state index contributed by atoms with van der Waals surface area (Å²) in [7, 11) is 0. The van der Waals surface area contributed by atoms with Crippen LogP contribution in [0.2, 0.25) is 0 Å². The molecule has 7 nitrogen and oxygen atoms in total. The van der Waals surface area contributed by atoms with Crippen molar-refractivity contribution in [3.8, 4) is 17.2 Å². The second-order valence-electron chi connectivity index (χ2n) is 10.5. The molecule has 44 heavy (non-hydrogen) atoms. The molecule has 1 atom stereocenters. The van der Waals surface area contributed by atoms with E-state index in [0.717, 1.165) is 11.1 Å². The molecule has 0 bridgehead atoms. The van der Waals surface area contributed by atoms with Gasteiger partial charge in [-0.25, -0.2) is 0 Å². The SMILES string of the molecule is Cc1cc(OCc2ccccc2)ccc1/C(O)=C1\C(=O)C(=O)N(Cc2cccnc2)[C@H]1c1cccc(Oc2ccccc2)c1. The van der Waals surface area contributed by atoms with Crippen LogP contribution in [0.5, 0.6) is 17.2 Å². The van der Waals surface area contributed by atoms with Gasteiger partial charge in [0.1, 0.15) is 29.6 Å². The minimum atomic E-state index is -0.858. The van der Waals surface area contributed by atoms with Crippen LogP contribution in [0, 0.1) is 6.92 Å². The van der Waals surface area contributed by atoms with Crippen LogP contribution in [0.15, 0.2) is 133 Å². The Morgan fingerprint density at radius 3 is 2.25 bits per heavy atom. The van der Waals surface area contributed by atoms with E-state index in [1.54, 1.807) is 36.7 Å². The third kappa shape index (κ3) is 6.08. The van der Waals surface area contributed by atoms with Crippen molar-refractivity contribution in [2.75, 3.05) is 0 Å². The lowest BCUT2D eigenvalue weighted by Gasteiger charge is -2.26. The minimum absolute atomic E-state index is 0.0109. The fourth-order valence-corrected chi connectivity index (χ4v) is 5.33. The van der Waals surface area contributed by atoms with Crippen LogP contribution in [-0.4, -0.2) is 26.7 Å². The highest BCUT2D eigenvalue weighted by Gasteiger charge is 2.46. The van der Waals surface area contributed by atoms with E-state index < -0.39 is 17.7 Å². The Morgan fingerprint density at radius 2 is 1.52 bits per heavy atom. The maximum atomic E-state index is 13.6. The Morgan fingerprint density at radius 1 is 0.795 bits per heavy atom. The number of carbonyl (C=O) groups is 2. The maximum Gasteiger partial charge on any atom is 0.295 e. The van der Waals surface area contributed by atoms with Crippen LogP contribution in [0.4, 0.5) is 0 Å². The molecule has 1 amide bonds. The zero-order valence-corrected chi connectivity index (χ0v) is 24.1. The van der Waals surface area contributed by atoms with Crippen LogP contribution in [0.25, 0.3) is 5.76 Å². The van der Waals surface area contributed by atoms with Gasteiger partial charge >= 0.3 is 0 Å². The van der Waals surface area contributed by atoms with Gasteiger partial charge < -0.3 is 19.5 Å². The molecule has 0 saturated carbocycles. The number of hydrogen-bond acceptors (Lipinski definition) is 6. The van der Waals surface area contributed by atoms with Crippen LogP contribution in [-0.2, 0) is 22.7 Å². The van der Waals surface area contributed by atoms with Crippen molar-refractivity contribution < 1.29 is 24.2 Å². The minimum Gasteiger partial charge on any atom is -0.507 e. The Labute approximate surface area is 255 Å². The Hall–Kier alpha value is -5.69. The van der Waals surface area contributed by atoms with Crippen LogP contribution >= 0.6 is 0 Å². The predicted molar refractivity (Wildman–Crippen MR) is 167 cm³/mol. The smallest absolute Gasteiger partial charge is 0.295 e. The summed E-state index contributed by atoms with van der Waals surface area (Å²) in [4.78, 5) is 32.8. The van der Waals surface area contributed by atoms with Crippen molar-refractivity contribution in [1.29, 1.82) is 0 Å². The van der Waals surface area contributed by atoms with Gasteiger partial charge in [-0.1, -0.05) is 66.7 Å². The number of aromatic nitrogens is 1. The Balaban J connectivity index is 1.38. The summed E-state index contributed by atoms with van der Waals surface area (Å²) in [6.07, 6.45) is 3.30. The maximum absolute atomic E-state index is 13.6. The first-order chi connectivity index (χ1) is 21.5. The molecule has 0 radical (unpaired) electrons. The molecule has 1 fully saturated rings. The molecule has 4 aromatic carbocycles. The molecule has 6 rings (SSSR count). The lowest BCUT2D eigenvalue weighted by atomic mass is 9.93. The first kappa shape index (κ1) is 28.4. The van der Waals surface area contributed by atoms with E-state index in [0.29, 0.717) is 40.5 Å². The van der Waals surface area contributed by atoms with Gasteiger partial charge in [0.25, 0.3) is 11.7 Å². The zero-order chi connectivity index (χ0) is 30.5. The number of ketones is 1. The van der Waals surface area contributed by atoms with Crippen molar-refractivity contribution in [1.82, 2.24) is 9.88 Å². The predicted octanol–water partition coefficient (Wildman–Crippen LogP) is 7.38. The molecule has 1 saturated heterocycles. The molecule has 0 unspecified atom stereocenters. The standard InChI is InChI=1S/C37H30N2O5/c1-25-20-30(43-24-26-10-4-2-5-11-26)17-18-32(25)35(40)33-34(39(37(42)36(33)41)23-27-12-9-19-38-22-27)28-13-8-16-31(21-28)44-29-14-6-3-7-15-29/h2-22,34,40H,23-24H2,1H3/b35-33+/t34-/m0/s1. The highest BCUT2D eigenvalue weighted by Crippen LogP contribution is 2.42. The van der Waals surface area contributed by atoms with Crippen LogP contribution in [0.3, 0.4) is 0 Å². The first-order valence-electron chi connectivity index (χ1n) is 14.3. The largest absolute Gasteiger partial charge is 0.507 e. The monoisotopic (exact) mass is 582 g/mol. The number of aliphatic hydroxyl groups is 1. The molecule has 7 heteroatoms. The van der Waals surface area contributed by atoms with Crippen molar-refractivity contribution in [3.05, 3.63) is 161 Å². The van der Waals surface area contributed by atoms with Crippen LogP contribution in [0.1, 0.15) is 33.9 Å². The van der Waals surface area contributed by atoms with Crippen molar-refractivity contribution in [2.45, 2.75) is 26.1 Å². The van der Waals surface area contributed by atoms with Crippen molar-refractivity contribution in [2.24, 2.45) is 0 Å². The average molecular weight is 583 g/mol. The number of likely N-dealkylation sites (tertiary alicyclic amines) is 1. The fourth-order valence-electron chi connectivity index (χ4n) is 5.33. The summed E-state index contributed by atoms with van der Waals surface area (Å²) >= 11 is 0. The number of hydrogen-bond donors (Lipinski definition) is 1. The molecule has 0 aliphatic carbocycles. The lowest BCUT2D eigenvalue weighted by Crippen LogP contribution is -2.29. The molecule has 2 heterocycles. The second kappa shape index (κ2) is 12.7. The summed E-state index contributed by atoms with van der Waals surface area (Å²) in [5, 5.41) is 11.7. The number of amides is 1. The van der Waals surface area contributed by atoms with E-state index in [1.807, 2.05) is 97.9 Å². The van der Waals surface area contributed by atoms with E-state index in [4.69, 9.17) is 9.47 Å². The van der Waals surface area contributed by atoms with E-state index in [9.17, 15) is 14.7 Å². The summed E-state index contributed by atoms with van der Waals surface area (Å²) in [5.41, 5.74) is 3.57. The number of aryl methyl sites for hydroxylation is 1. The number of benzene rings is 4. The van der Waals surface area contributed by atoms with Gasteiger partial charge in [0, 0.05) is 24.5 Å². The Kier molecular flexibility index (Phi) is 8.19. The van der Waals surface area contributed by atoms with Crippen molar-refractivity contribution in [3.63, 3.8) is 0 Å². The molecular weight excluding hydrogens is 552 g/mol. The second-order valence-corrected chi connectivity index (χ2v) is 10.5. The normalized spacial score (nSPS) is 15.8. The lowest BCUT2D eigenvalue weighted by molar-refractivity contribution is -0.140. The quantitative estimate of drug-likeness (QED) is 0.111. The van der Waals surface area contributed by atoms with E-state index in [1.165, 1.54) is 4.90 Å². The number of ether oxygens (including phenoxy) is 2. The third-order valence-corrected chi connectivity index (χ3v) is 7.47. The van der Waals surface area contributed by atoms with Gasteiger partial charge in [-0.2, -0.15) is 0 Å². The van der Waals surface area contributed by atoms with E-state index in [2.05, 4.69) is 4.98 Å². The van der Waals surface area contributed by atoms with Gasteiger partial charge in [-0.3, -0.25) is 14.6 Å². The molecular formula is C37H30N2O5. The highest BCUT2D eigenvalue weighted by atomic mass is 16.5. The number of aliphatic hydroxyl groups excluding tert-OH is 1. The first-order valence-corrected chi connectivity index (χ1v) is 14.3. The van der Waals surface area contributed by atoms with Gasteiger partial charge in [0.05, 0.1) is 11.6 Å². The topological polar surface area (TPSA) is 89.0 Å². The highest BCUT2D eigenvalue weighted by molar-refractivity contribution is 6.46. The van der Waals surface area contributed by atoms with Gasteiger partial charge in [0.2, 0.25) is 0 Å². The van der Waals surface area contributed by atoms with Crippen LogP contribution < -0.4 is 9.47 Å². The Bertz CT molecular complexity index is 1820. The molecule has 1 N–H and O–H groups in total. The summed E-state index contributed by atoms with van der Waals surface area (Å²) in [5.74, 6) is 0.117. The number of nitrogens with zero attached hydrogens (tertiary/aromatic N) is 2. The molecule has 1 aliphatic rings. The molecule has 1 aromatic heterocycles. The number of pyridine rings is 1. The fraction of sp³-hybridized carbons (Fsp3) is 0.108. The third-order valence-electron chi connectivity index (χ3n) is 7.47. The molecule has 218 valence electrons. The van der Waals surface area contributed by atoms with E-state index in [-0.39, 0.29) is 17.9 Å². The number of para-hydroxylation sites is 1. The number of carbonyl (C=O) groups excluding carboxylic acids is 2. The average Bonchev–Trinajstić information content (AvgIpc) is 3.30. The van der Waals surface area contributed by atoms with Gasteiger partial charge in [0.15, 0.2) is 0 Å². The molecule has 0 spiro atoms. The van der Waals surface area contributed by atoms with Gasteiger partial charge in [-0.05, 0) is 77.7 Å². The van der Waals surface area contributed by atoms with Crippen molar-refractivity contribution >= 4 is 17.4 Å². The molecule has 1 aliphatic heterocycles. The number of rotatable bonds is 9.